The average Bonchev–Trinajstić information content (AvgIpc) is 3.62. The molecule has 0 fully saturated rings. The molecule has 6 nitrogen and oxygen atoms in total. The van der Waals surface area contributed by atoms with E-state index in [0.717, 1.165) is 24.3 Å². The van der Waals surface area contributed by atoms with Gasteiger partial charge in [0.15, 0.2) is 0 Å². The third-order valence-electron chi connectivity index (χ3n) is 6.73. The van der Waals surface area contributed by atoms with Crippen molar-refractivity contribution in [1.82, 2.24) is 0 Å². The minimum atomic E-state index is -5.25. The summed E-state index contributed by atoms with van der Waals surface area (Å²) in [5, 5.41) is 0. The monoisotopic (exact) mass is 618 g/mol. The van der Waals surface area contributed by atoms with E-state index in [-0.39, 0.29) is 12.8 Å². The van der Waals surface area contributed by atoms with Crippen molar-refractivity contribution in [3.63, 3.8) is 0 Å². The van der Waals surface area contributed by atoms with Gasteiger partial charge in [0.2, 0.25) is 0 Å². The Hall–Kier alpha value is -2.67. The predicted octanol–water partition coefficient (Wildman–Crippen LogP) is 4.56. The quantitative estimate of drug-likeness (QED) is 0.302. The second-order valence-corrected chi connectivity index (χ2v) is 18.9. The molecule has 39 heavy (non-hydrogen) atoms. The summed E-state index contributed by atoms with van der Waals surface area (Å²) in [7, 11) is -7.98. The van der Waals surface area contributed by atoms with E-state index in [1.54, 1.807) is 36.5 Å². The van der Waals surface area contributed by atoms with Crippen LogP contribution in [-0.2, 0) is 36.6 Å². The Morgan fingerprint density at radius 1 is 0.692 bits per heavy atom. The van der Waals surface area contributed by atoms with Crippen LogP contribution in [-0.4, -0.2) is 28.3 Å². The number of halogens is 4. The summed E-state index contributed by atoms with van der Waals surface area (Å²) in [4.78, 5) is 0. The molecule has 0 unspecified atom stereocenters. The first-order chi connectivity index (χ1) is 18.4. The van der Waals surface area contributed by atoms with Gasteiger partial charge >= 0.3 is 230 Å². The molecular formula is C26H26F4N2O4S2Ti. The van der Waals surface area contributed by atoms with Crippen LogP contribution in [0.4, 0.5) is 28.9 Å². The number of nitrogens with one attached hydrogen (secondary N) is 2. The minimum absolute atomic E-state index is 0.144. The van der Waals surface area contributed by atoms with Crippen molar-refractivity contribution in [2.45, 2.75) is 26.7 Å². The van der Waals surface area contributed by atoms with Crippen LogP contribution in [0.5, 0.6) is 0 Å². The van der Waals surface area contributed by atoms with Gasteiger partial charge in [0.05, 0.1) is 0 Å². The Bertz CT molecular complexity index is 1540. The van der Waals surface area contributed by atoms with Crippen molar-refractivity contribution in [3.05, 3.63) is 91.7 Å². The standard InChI is InChI=1S/2C8H8F2NO2S.2C5H5.Ti/c2*1-2-14(12,13)11-8-4-3-6(9)5-7(8)10;2*1-2-4-5-3-1;/h2*3-4,11H,2H2,1H3;2*1-3H,4H2;. The molecule has 0 amide bonds. The Balaban J connectivity index is 2.15. The van der Waals surface area contributed by atoms with E-state index < -0.39 is 90.5 Å². The van der Waals surface area contributed by atoms with Crippen molar-refractivity contribution in [1.29, 1.82) is 0 Å². The van der Waals surface area contributed by atoms with E-state index in [9.17, 15) is 16.8 Å². The molecule has 13 heteroatoms. The zero-order valence-corrected chi connectivity index (χ0v) is 24.3. The molecule has 2 aromatic rings. The van der Waals surface area contributed by atoms with Gasteiger partial charge in [0.25, 0.3) is 0 Å². The van der Waals surface area contributed by atoms with Crippen molar-refractivity contribution >= 4 is 39.2 Å². The van der Waals surface area contributed by atoms with Gasteiger partial charge in [-0.15, -0.1) is 0 Å². The van der Waals surface area contributed by atoms with Crippen molar-refractivity contribution in [2.24, 2.45) is 0 Å². The number of rotatable bonds is 10. The van der Waals surface area contributed by atoms with Gasteiger partial charge in [-0.2, -0.15) is 0 Å². The molecule has 0 atom stereocenters. The number of sulfonamides is 2. The van der Waals surface area contributed by atoms with Crippen LogP contribution in [0.3, 0.4) is 0 Å². The van der Waals surface area contributed by atoms with E-state index >= 15 is 17.6 Å². The van der Waals surface area contributed by atoms with E-state index in [4.69, 9.17) is 0 Å². The summed E-state index contributed by atoms with van der Waals surface area (Å²) in [6, 6.07) is 3.60. The van der Waals surface area contributed by atoms with Gasteiger partial charge < -0.3 is 0 Å². The summed E-state index contributed by atoms with van der Waals surface area (Å²) in [6.45, 7) is 2.68. The van der Waals surface area contributed by atoms with Gasteiger partial charge in [-0.3, -0.25) is 0 Å². The molecule has 4 rings (SSSR count). The van der Waals surface area contributed by atoms with Crippen LogP contribution >= 0.6 is 0 Å². The van der Waals surface area contributed by atoms with Crippen LogP contribution in [0, 0.1) is 23.3 Å². The molecule has 2 aliphatic rings. The molecule has 0 saturated carbocycles. The molecule has 2 aliphatic carbocycles. The SMILES string of the molecule is CCS(=O)(=O)Nc1ccc(F)[c]([Ti]([C]2=CC=CC2)([C]2=CC=CC2)[c]2c(F)ccc(NS(=O)(=O)CC)c2F)c1F. The first-order valence-corrected chi connectivity index (χ1v) is 18.5. The van der Waals surface area contributed by atoms with E-state index in [0.29, 0.717) is 7.76 Å². The maximum absolute atomic E-state index is 16.4. The summed E-state index contributed by atoms with van der Waals surface area (Å²) in [5.74, 6) is -5.51. The second-order valence-electron chi connectivity index (χ2n) is 8.98. The van der Waals surface area contributed by atoms with Gasteiger partial charge in [-0.1, -0.05) is 0 Å². The first-order valence-electron chi connectivity index (χ1n) is 12.1. The molecule has 0 aromatic heterocycles. The molecule has 0 radical (unpaired) electrons. The second kappa shape index (κ2) is 11.1. The van der Waals surface area contributed by atoms with Crippen LogP contribution in [0.1, 0.15) is 26.7 Å². The molecule has 0 heterocycles. The number of benzene rings is 2. The number of allylic oxidation sites excluding steroid dienone is 8. The first kappa shape index (κ1) is 29.3. The summed E-state index contributed by atoms with van der Waals surface area (Å²) >= 11 is -5.25. The fourth-order valence-electron chi connectivity index (χ4n) is 4.85. The molecule has 2 N–H and O–H groups in total. The predicted molar refractivity (Wildman–Crippen MR) is 142 cm³/mol. The molecule has 0 saturated heterocycles. The Labute approximate surface area is 228 Å². The number of anilines is 2. The summed E-state index contributed by atoms with van der Waals surface area (Å²) in [5.41, 5.74) is -1.10. The Morgan fingerprint density at radius 2 is 1.08 bits per heavy atom. The Kier molecular flexibility index (Phi) is 8.32. The van der Waals surface area contributed by atoms with Crippen molar-refractivity contribution in [2.75, 3.05) is 20.9 Å². The van der Waals surface area contributed by atoms with Crippen molar-refractivity contribution < 1.29 is 51.0 Å². The molecule has 0 bridgehead atoms. The topological polar surface area (TPSA) is 92.3 Å². The van der Waals surface area contributed by atoms with Gasteiger partial charge in [0.1, 0.15) is 0 Å². The van der Waals surface area contributed by atoms with Crippen LogP contribution in [0.25, 0.3) is 0 Å². The van der Waals surface area contributed by atoms with Gasteiger partial charge in [-0.25, -0.2) is 0 Å². The van der Waals surface area contributed by atoms with Crippen molar-refractivity contribution in [3.8, 4) is 0 Å². The van der Waals surface area contributed by atoms with Crippen LogP contribution < -0.4 is 17.2 Å². The van der Waals surface area contributed by atoms with Crippen LogP contribution in [0.15, 0.2) is 68.5 Å². The fraction of sp³-hybridized carbons (Fsp3) is 0.231. The van der Waals surface area contributed by atoms with E-state index in [1.807, 2.05) is 0 Å². The van der Waals surface area contributed by atoms with Gasteiger partial charge in [-0.05, 0) is 0 Å². The summed E-state index contributed by atoms with van der Waals surface area (Å²) in [6.07, 6.45) is 10.1. The van der Waals surface area contributed by atoms with E-state index in [2.05, 4.69) is 9.44 Å². The number of hydrogen-bond acceptors (Lipinski definition) is 4. The zero-order valence-electron chi connectivity index (χ0n) is 21.1. The zero-order chi connectivity index (χ0) is 28.6. The molecule has 0 aliphatic heterocycles. The van der Waals surface area contributed by atoms with E-state index in [1.165, 1.54) is 13.8 Å². The number of hydrogen-bond donors (Lipinski definition) is 2. The third kappa shape index (κ3) is 5.39. The summed E-state index contributed by atoms with van der Waals surface area (Å²) < 4.78 is 118. The molecule has 208 valence electrons. The molecular weight excluding hydrogens is 592 g/mol. The van der Waals surface area contributed by atoms with Crippen LogP contribution in [0.2, 0.25) is 0 Å². The molecule has 0 spiro atoms. The fourth-order valence-corrected chi connectivity index (χ4v) is 14.4. The van der Waals surface area contributed by atoms with Gasteiger partial charge in [0, 0.05) is 0 Å². The average molecular weight is 618 g/mol. The maximum atomic E-state index is 16.4. The normalized spacial score (nSPS) is 15.4. The molecule has 2 aromatic carbocycles. The third-order valence-corrected chi connectivity index (χ3v) is 17.3. The Morgan fingerprint density at radius 3 is 1.38 bits per heavy atom.